The third-order valence-corrected chi connectivity index (χ3v) is 3.24. The number of benzene rings is 1. The first-order chi connectivity index (χ1) is 9.94. The quantitative estimate of drug-likeness (QED) is 0.897. The van der Waals surface area contributed by atoms with Gasteiger partial charge in [0, 0.05) is 13.1 Å². The van der Waals surface area contributed by atoms with Gasteiger partial charge in [0.2, 0.25) is 5.91 Å². The van der Waals surface area contributed by atoms with Crippen molar-refractivity contribution in [2.75, 3.05) is 6.54 Å². The normalized spacial score (nSPS) is 19.8. The van der Waals surface area contributed by atoms with E-state index in [-0.39, 0.29) is 17.7 Å². The number of carbonyl (C=O) groups is 1. The summed E-state index contributed by atoms with van der Waals surface area (Å²) in [7, 11) is 0. The zero-order valence-electron chi connectivity index (χ0n) is 11.4. The highest BCUT2D eigenvalue weighted by Gasteiger charge is 2.30. The van der Waals surface area contributed by atoms with Crippen LogP contribution in [0.2, 0.25) is 0 Å². The molecule has 1 aliphatic rings. The zero-order valence-corrected chi connectivity index (χ0v) is 11.4. The molecule has 1 aromatic rings. The summed E-state index contributed by atoms with van der Waals surface area (Å²) in [5.74, 6) is -0.275. The Bertz CT molecular complexity index is 474. The third kappa shape index (κ3) is 5.26. The SMILES string of the molecule is O=C1NCCCC[C@@H]1NCc1ccc(OC(F)(F)F)cc1. The Morgan fingerprint density at radius 3 is 2.62 bits per heavy atom. The lowest BCUT2D eigenvalue weighted by Gasteiger charge is -2.15. The molecule has 1 aromatic carbocycles. The number of amides is 1. The Kier molecular flexibility index (Phi) is 5.06. The fraction of sp³-hybridized carbons (Fsp3) is 0.500. The largest absolute Gasteiger partial charge is 0.573 e. The van der Waals surface area contributed by atoms with Crippen LogP contribution in [0.3, 0.4) is 0 Å². The molecule has 2 rings (SSSR count). The summed E-state index contributed by atoms with van der Waals surface area (Å²) in [6.07, 6.45) is -1.98. The van der Waals surface area contributed by atoms with Crippen molar-refractivity contribution in [3.63, 3.8) is 0 Å². The molecule has 0 aliphatic carbocycles. The van der Waals surface area contributed by atoms with Crippen molar-refractivity contribution in [2.24, 2.45) is 0 Å². The first kappa shape index (κ1) is 15.6. The molecule has 0 saturated carbocycles. The molecule has 1 amide bonds. The number of nitrogens with one attached hydrogen (secondary N) is 2. The van der Waals surface area contributed by atoms with Gasteiger partial charge in [0.05, 0.1) is 6.04 Å². The number of carbonyl (C=O) groups excluding carboxylic acids is 1. The summed E-state index contributed by atoms with van der Waals surface area (Å²) in [6, 6.07) is 5.36. The van der Waals surface area contributed by atoms with E-state index in [9.17, 15) is 18.0 Å². The third-order valence-electron chi connectivity index (χ3n) is 3.24. The lowest BCUT2D eigenvalue weighted by atomic mass is 10.1. The van der Waals surface area contributed by atoms with Gasteiger partial charge in [-0.05, 0) is 37.0 Å². The molecule has 0 unspecified atom stereocenters. The molecule has 1 aliphatic heterocycles. The summed E-state index contributed by atoms with van der Waals surface area (Å²) < 4.78 is 39.9. The molecular weight excluding hydrogens is 285 g/mol. The number of hydrogen-bond acceptors (Lipinski definition) is 3. The highest BCUT2D eigenvalue weighted by atomic mass is 19.4. The van der Waals surface area contributed by atoms with Gasteiger partial charge in [-0.15, -0.1) is 13.2 Å². The predicted molar refractivity (Wildman–Crippen MR) is 70.6 cm³/mol. The number of ether oxygens (including phenoxy) is 1. The molecule has 1 atom stereocenters. The zero-order chi connectivity index (χ0) is 15.3. The van der Waals surface area contributed by atoms with Crippen molar-refractivity contribution in [1.82, 2.24) is 10.6 Å². The molecule has 1 heterocycles. The van der Waals surface area contributed by atoms with E-state index in [1.54, 1.807) is 12.1 Å². The van der Waals surface area contributed by atoms with Gasteiger partial charge < -0.3 is 15.4 Å². The van der Waals surface area contributed by atoms with Crippen LogP contribution in [0.1, 0.15) is 24.8 Å². The second-order valence-corrected chi connectivity index (χ2v) is 4.91. The van der Waals surface area contributed by atoms with Gasteiger partial charge in [-0.25, -0.2) is 0 Å². The van der Waals surface area contributed by atoms with E-state index >= 15 is 0 Å². The Balaban J connectivity index is 1.87. The minimum Gasteiger partial charge on any atom is -0.406 e. The molecular formula is C14H17F3N2O2. The second-order valence-electron chi connectivity index (χ2n) is 4.91. The van der Waals surface area contributed by atoms with E-state index in [1.165, 1.54) is 12.1 Å². The second kappa shape index (κ2) is 6.80. The van der Waals surface area contributed by atoms with Gasteiger partial charge in [-0.2, -0.15) is 0 Å². The van der Waals surface area contributed by atoms with Crippen LogP contribution in [0.5, 0.6) is 5.75 Å². The smallest absolute Gasteiger partial charge is 0.406 e. The number of alkyl halides is 3. The molecule has 2 N–H and O–H groups in total. The van der Waals surface area contributed by atoms with E-state index in [0.717, 1.165) is 24.8 Å². The van der Waals surface area contributed by atoms with Crippen LogP contribution in [0.4, 0.5) is 13.2 Å². The number of hydrogen-bond donors (Lipinski definition) is 2. The summed E-state index contributed by atoms with van der Waals surface area (Å²) in [6.45, 7) is 1.12. The molecule has 7 heteroatoms. The topological polar surface area (TPSA) is 50.4 Å². The van der Waals surface area contributed by atoms with Gasteiger partial charge in [0.25, 0.3) is 0 Å². The highest BCUT2D eigenvalue weighted by molar-refractivity contribution is 5.81. The maximum absolute atomic E-state index is 12.0. The Morgan fingerprint density at radius 1 is 1.24 bits per heavy atom. The molecule has 0 spiro atoms. The van der Waals surface area contributed by atoms with E-state index in [0.29, 0.717) is 13.1 Å². The van der Waals surface area contributed by atoms with E-state index in [2.05, 4.69) is 15.4 Å². The fourth-order valence-corrected chi connectivity index (χ4v) is 2.18. The molecule has 0 aromatic heterocycles. The predicted octanol–water partition coefficient (Wildman–Crippen LogP) is 2.34. The van der Waals surface area contributed by atoms with Crippen LogP contribution in [0.15, 0.2) is 24.3 Å². The molecule has 4 nitrogen and oxygen atoms in total. The fourth-order valence-electron chi connectivity index (χ4n) is 2.18. The average Bonchev–Trinajstić information content (AvgIpc) is 2.61. The van der Waals surface area contributed by atoms with Crippen LogP contribution in [0, 0.1) is 0 Å². The summed E-state index contributed by atoms with van der Waals surface area (Å²) in [4.78, 5) is 11.7. The minimum atomic E-state index is -4.68. The summed E-state index contributed by atoms with van der Waals surface area (Å²) in [5.41, 5.74) is 0.793. The van der Waals surface area contributed by atoms with Crippen LogP contribution >= 0.6 is 0 Å². The van der Waals surface area contributed by atoms with Gasteiger partial charge in [0.1, 0.15) is 5.75 Å². The molecule has 0 bridgehead atoms. The Hall–Kier alpha value is -1.76. The molecule has 116 valence electrons. The molecule has 0 radical (unpaired) electrons. The van der Waals surface area contributed by atoms with Crippen molar-refractivity contribution < 1.29 is 22.7 Å². The van der Waals surface area contributed by atoms with Crippen molar-refractivity contribution >= 4 is 5.91 Å². The summed E-state index contributed by atoms with van der Waals surface area (Å²) >= 11 is 0. The van der Waals surface area contributed by atoms with Gasteiger partial charge >= 0.3 is 6.36 Å². The van der Waals surface area contributed by atoms with Crippen LogP contribution in [0.25, 0.3) is 0 Å². The lowest BCUT2D eigenvalue weighted by molar-refractivity contribution is -0.274. The van der Waals surface area contributed by atoms with E-state index < -0.39 is 6.36 Å². The van der Waals surface area contributed by atoms with Gasteiger partial charge in [-0.1, -0.05) is 12.1 Å². The van der Waals surface area contributed by atoms with Crippen LogP contribution < -0.4 is 15.4 Å². The Labute approximate surface area is 120 Å². The average molecular weight is 302 g/mol. The van der Waals surface area contributed by atoms with Crippen molar-refractivity contribution in [3.05, 3.63) is 29.8 Å². The highest BCUT2D eigenvalue weighted by Crippen LogP contribution is 2.22. The lowest BCUT2D eigenvalue weighted by Crippen LogP contribution is -2.42. The first-order valence-electron chi connectivity index (χ1n) is 6.80. The first-order valence-corrected chi connectivity index (χ1v) is 6.80. The van der Waals surface area contributed by atoms with Crippen molar-refractivity contribution in [1.29, 1.82) is 0 Å². The standard InChI is InChI=1S/C14H17F3N2O2/c15-14(16,17)21-11-6-4-10(5-7-11)9-19-12-3-1-2-8-18-13(12)20/h4-7,12,19H,1-3,8-9H2,(H,18,20)/t12-/m0/s1. The number of rotatable bonds is 4. The minimum absolute atomic E-state index is 0.0236. The van der Waals surface area contributed by atoms with Crippen molar-refractivity contribution in [3.8, 4) is 5.75 Å². The molecule has 1 fully saturated rings. The monoisotopic (exact) mass is 302 g/mol. The molecule has 1 saturated heterocycles. The van der Waals surface area contributed by atoms with Gasteiger partial charge in [-0.3, -0.25) is 4.79 Å². The van der Waals surface area contributed by atoms with Crippen LogP contribution in [-0.2, 0) is 11.3 Å². The van der Waals surface area contributed by atoms with Crippen molar-refractivity contribution in [2.45, 2.75) is 38.2 Å². The van der Waals surface area contributed by atoms with Crippen LogP contribution in [-0.4, -0.2) is 24.9 Å². The maximum Gasteiger partial charge on any atom is 0.573 e. The molecule has 21 heavy (non-hydrogen) atoms. The van der Waals surface area contributed by atoms with E-state index in [1.807, 2.05) is 0 Å². The Morgan fingerprint density at radius 2 is 1.95 bits per heavy atom. The van der Waals surface area contributed by atoms with E-state index in [4.69, 9.17) is 0 Å². The maximum atomic E-state index is 12.0. The number of halogens is 3. The van der Waals surface area contributed by atoms with Gasteiger partial charge in [0.15, 0.2) is 0 Å². The summed E-state index contributed by atoms with van der Waals surface area (Å²) in [5, 5.41) is 5.94.